The van der Waals surface area contributed by atoms with Crippen LogP contribution in [0.25, 0.3) is 0 Å². The molecule has 2 aromatic rings. The highest BCUT2D eigenvalue weighted by Gasteiger charge is 2.37. The molecule has 0 saturated carbocycles. The summed E-state index contributed by atoms with van der Waals surface area (Å²) in [6.45, 7) is 3.62. The number of aromatic hydroxyl groups is 1. The molecule has 180 valence electrons. The normalized spacial score (nSPS) is 22.9. The molecule has 2 heterocycles. The van der Waals surface area contributed by atoms with E-state index in [2.05, 4.69) is 22.3 Å². The molecule has 2 fully saturated rings. The van der Waals surface area contributed by atoms with Crippen LogP contribution in [0.3, 0.4) is 0 Å². The number of nitrogens with one attached hydrogen (secondary N) is 1. The Morgan fingerprint density at radius 2 is 1.62 bits per heavy atom. The number of hydrogen-bond donors (Lipinski definition) is 2. The number of amides is 2. The van der Waals surface area contributed by atoms with Crippen LogP contribution in [0.1, 0.15) is 48.8 Å². The number of phenolic OH excluding ortho intramolecular Hbond substituents is 1. The largest absolute Gasteiger partial charge is 0.508 e. The number of aryl methyl sites for hydroxylation is 2. The van der Waals surface area contributed by atoms with Crippen LogP contribution in [0, 0.1) is 11.8 Å². The van der Waals surface area contributed by atoms with E-state index in [0.717, 1.165) is 50.0 Å². The minimum atomic E-state index is -0.238. The Bertz CT molecular complexity index is 1030. The zero-order valence-corrected chi connectivity index (χ0v) is 19.8. The van der Waals surface area contributed by atoms with E-state index in [1.165, 1.54) is 24.0 Å². The van der Waals surface area contributed by atoms with E-state index in [0.29, 0.717) is 26.1 Å². The highest BCUT2D eigenvalue weighted by Crippen LogP contribution is 2.29. The Kier molecular flexibility index (Phi) is 6.86. The van der Waals surface area contributed by atoms with E-state index in [-0.39, 0.29) is 29.4 Å². The van der Waals surface area contributed by atoms with Crippen molar-refractivity contribution in [3.8, 4) is 5.75 Å². The van der Waals surface area contributed by atoms with Crippen LogP contribution in [0.2, 0.25) is 0 Å². The standard InChI is InChI=1S/C28H35N3O3/c32-26-11-7-20(8-12-26)17-30-18-23(15-24(19-30)28(34)31-13-2-1-3-14-31)27(33)29-25-10-9-21-5-4-6-22(21)16-25/h7-12,16,23-24,32H,1-6,13-15,17-19H2,(H,29,33)/t23-,24+/m1/s1. The average Bonchev–Trinajstić information content (AvgIpc) is 3.33. The summed E-state index contributed by atoms with van der Waals surface area (Å²) in [6, 6.07) is 13.5. The number of fused-ring (bicyclic) bond motifs is 1. The van der Waals surface area contributed by atoms with Crippen LogP contribution in [-0.4, -0.2) is 52.9 Å². The average molecular weight is 462 g/mol. The Balaban J connectivity index is 1.31. The Morgan fingerprint density at radius 3 is 2.41 bits per heavy atom. The number of benzene rings is 2. The van der Waals surface area contributed by atoms with Gasteiger partial charge in [-0.2, -0.15) is 0 Å². The third-order valence-corrected chi connectivity index (χ3v) is 7.62. The number of piperidine rings is 2. The fourth-order valence-corrected chi connectivity index (χ4v) is 5.81. The van der Waals surface area contributed by atoms with Gasteiger partial charge in [0.25, 0.3) is 0 Å². The molecule has 34 heavy (non-hydrogen) atoms. The second-order valence-corrected chi connectivity index (χ2v) is 10.2. The van der Waals surface area contributed by atoms with Crippen LogP contribution in [0.4, 0.5) is 5.69 Å². The molecule has 0 spiro atoms. The lowest BCUT2D eigenvalue weighted by Gasteiger charge is -2.39. The molecular formula is C28H35N3O3. The predicted octanol–water partition coefficient (Wildman–Crippen LogP) is 3.97. The molecule has 2 amide bonds. The maximum absolute atomic E-state index is 13.4. The van der Waals surface area contributed by atoms with Gasteiger partial charge in [-0.15, -0.1) is 0 Å². The van der Waals surface area contributed by atoms with Gasteiger partial charge >= 0.3 is 0 Å². The summed E-state index contributed by atoms with van der Waals surface area (Å²) < 4.78 is 0. The van der Waals surface area contributed by atoms with Crippen molar-refractivity contribution in [2.24, 2.45) is 11.8 Å². The number of phenols is 1. The molecule has 6 nitrogen and oxygen atoms in total. The molecule has 1 aliphatic carbocycles. The lowest BCUT2D eigenvalue weighted by Crippen LogP contribution is -2.50. The second-order valence-electron chi connectivity index (χ2n) is 10.2. The van der Waals surface area contributed by atoms with Gasteiger partial charge in [0.1, 0.15) is 5.75 Å². The second kappa shape index (κ2) is 10.2. The monoisotopic (exact) mass is 461 g/mol. The molecular weight excluding hydrogens is 426 g/mol. The maximum Gasteiger partial charge on any atom is 0.228 e. The number of carbonyl (C=O) groups is 2. The Labute approximate surface area is 201 Å². The zero-order chi connectivity index (χ0) is 23.5. The first-order valence-corrected chi connectivity index (χ1v) is 12.8. The SMILES string of the molecule is O=C(Nc1ccc2c(c1)CCC2)[C@@H]1C[C@H](C(=O)N2CCCCC2)CN(Cc2ccc(O)cc2)C1. The molecule has 2 aliphatic heterocycles. The van der Waals surface area contributed by atoms with Crippen molar-refractivity contribution in [3.05, 3.63) is 59.2 Å². The molecule has 2 aromatic carbocycles. The van der Waals surface area contributed by atoms with Gasteiger partial charge in [-0.3, -0.25) is 14.5 Å². The quantitative estimate of drug-likeness (QED) is 0.707. The fourth-order valence-electron chi connectivity index (χ4n) is 5.81. The lowest BCUT2D eigenvalue weighted by molar-refractivity contribution is -0.140. The topological polar surface area (TPSA) is 72.9 Å². The van der Waals surface area contributed by atoms with Crippen LogP contribution in [-0.2, 0) is 29.0 Å². The summed E-state index contributed by atoms with van der Waals surface area (Å²) in [6.07, 6.45) is 7.30. The molecule has 5 rings (SSSR count). The number of carbonyl (C=O) groups excluding carboxylic acids is 2. The highest BCUT2D eigenvalue weighted by atomic mass is 16.3. The van der Waals surface area contributed by atoms with Crippen molar-refractivity contribution in [2.75, 3.05) is 31.5 Å². The smallest absolute Gasteiger partial charge is 0.228 e. The van der Waals surface area contributed by atoms with Crippen molar-refractivity contribution in [2.45, 2.75) is 51.5 Å². The number of anilines is 1. The first kappa shape index (κ1) is 22.9. The molecule has 3 aliphatic rings. The minimum Gasteiger partial charge on any atom is -0.508 e. The summed E-state index contributed by atoms with van der Waals surface area (Å²) >= 11 is 0. The van der Waals surface area contributed by atoms with Crippen molar-refractivity contribution in [3.63, 3.8) is 0 Å². The summed E-state index contributed by atoms with van der Waals surface area (Å²) in [7, 11) is 0. The minimum absolute atomic E-state index is 0.00444. The number of rotatable bonds is 5. The van der Waals surface area contributed by atoms with Gasteiger partial charge in [-0.25, -0.2) is 0 Å². The van der Waals surface area contributed by atoms with Gasteiger partial charge in [0.2, 0.25) is 11.8 Å². The summed E-state index contributed by atoms with van der Waals surface area (Å²) in [5, 5.41) is 12.8. The summed E-state index contributed by atoms with van der Waals surface area (Å²) in [5.41, 5.74) is 4.67. The lowest BCUT2D eigenvalue weighted by atomic mass is 9.86. The molecule has 2 saturated heterocycles. The summed E-state index contributed by atoms with van der Waals surface area (Å²) in [4.78, 5) is 31.0. The first-order valence-electron chi connectivity index (χ1n) is 12.8. The Hall–Kier alpha value is -2.86. The van der Waals surface area contributed by atoms with Crippen LogP contribution < -0.4 is 5.32 Å². The zero-order valence-electron chi connectivity index (χ0n) is 19.8. The summed E-state index contributed by atoms with van der Waals surface area (Å²) in [5.74, 6) is 0.0416. The van der Waals surface area contributed by atoms with Gasteiger partial charge in [-0.1, -0.05) is 18.2 Å². The van der Waals surface area contributed by atoms with Crippen molar-refractivity contribution >= 4 is 17.5 Å². The fraction of sp³-hybridized carbons (Fsp3) is 0.500. The van der Waals surface area contributed by atoms with Crippen LogP contribution in [0.15, 0.2) is 42.5 Å². The maximum atomic E-state index is 13.4. The van der Waals surface area contributed by atoms with Crippen molar-refractivity contribution in [1.82, 2.24) is 9.80 Å². The van der Waals surface area contributed by atoms with E-state index in [9.17, 15) is 14.7 Å². The van der Waals surface area contributed by atoms with Crippen molar-refractivity contribution in [1.29, 1.82) is 0 Å². The van der Waals surface area contributed by atoms with Gasteiger partial charge in [0, 0.05) is 38.4 Å². The molecule has 6 heteroatoms. The van der Waals surface area contributed by atoms with Crippen LogP contribution >= 0.6 is 0 Å². The molecule has 0 unspecified atom stereocenters. The molecule has 2 N–H and O–H groups in total. The number of hydrogen-bond acceptors (Lipinski definition) is 4. The highest BCUT2D eigenvalue weighted by molar-refractivity contribution is 5.93. The molecule has 0 bridgehead atoms. The van der Waals surface area contributed by atoms with Gasteiger partial charge in [0.15, 0.2) is 0 Å². The van der Waals surface area contributed by atoms with Gasteiger partial charge in [0.05, 0.1) is 11.8 Å². The molecule has 0 radical (unpaired) electrons. The van der Waals surface area contributed by atoms with Gasteiger partial charge in [-0.05, 0) is 85.9 Å². The van der Waals surface area contributed by atoms with E-state index in [1.807, 2.05) is 23.1 Å². The number of likely N-dealkylation sites (tertiary alicyclic amines) is 2. The first-order chi connectivity index (χ1) is 16.5. The van der Waals surface area contributed by atoms with E-state index < -0.39 is 0 Å². The van der Waals surface area contributed by atoms with E-state index >= 15 is 0 Å². The van der Waals surface area contributed by atoms with E-state index in [1.54, 1.807) is 12.1 Å². The molecule has 2 atom stereocenters. The third-order valence-electron chi connectivity index (χ3n) is 7.62. The van der Waals surface area contributed by atoms with Gasteiger partial charge < -0.3 is 15.3 Å². The Morgan fingerprint density at radius 1 is 0.882 bits per heavy atom. The number of nitrogens with zero attached hydrogens (tertiary/aromatic N) is 2. The molecule has 0 aromatic heterocycles. The van der Waals surface area contributed by atoms with Crippen LogP contribution in [0.5, 0.6) is 5.75 Å². The van der Waals surface area contributed by atoms with E-state index in [4.69, 9.17) is 0 Å². The predicted molar refractivity (Wildman–Crippen MR) is 133 cm³/mol. The third kappa shape index (κ3) is 5.27. The van der Waals surface area contributed by atoms with Crippen molar-refractivity contribution < 1.29 is 14.7 Å².